The van der Waals surface area contributed by atoms with Crippen LogP contribution in [0.1, 0.15) is 20.8 Å². The van der Waals surface area contributed by atoms with Crippen LogP contribution in [0.15, 0.2) is 0 Å². The summed E-state index contributed by atoms with van der Waals surface area (Å²) in [6.45, 7) is 6.75. The highest BCUT2D eigenvalue weighted by molar-refractivity contribution is 8.15. The summed E-state index contributed by atoms with van der Waals surface area (Å²) in [4.78, 5) is 0. The van der Waals surface area contributed by atoms with Gasteiger partial charge in [-0.05, 0) is 20.8 Å². The van der Waals surface area contributed by atoms with Gasteiger partial charge in [-0.15, -0.1) is 0 Å². The Morgan fingerprint density at radius 2 is 1.56 bits per heavy atom. The van der Waals surface area contributed by atoms with Crippen molar-refractivity contribution in [3.05, 3.63) is 0 Å². The van der Waals surface area contributed by atoms with Gasteiger partial charge >= 0.3 is 0 Å². The molecule has 0 unspecified atom stereocenters. The third-order valence-corrected chi connectivity index (χ3v) is 4.28. The SMILES string of the molecule is CC(C)(C)N1SCCS1. The molecule has 1 aliphatic heterocycles. The lowest BCUT2D eigenvalue weighted by Gasteiger charge is -2.27. The maximum Gasteiger partial charge on any atom is 0.0341 e. The first-order chi connectivity index (χ1) is 4.11. The quantitative estimate of drug-likeness (QED) is 0.505. The molecule has 0 spiro atoms. The summed E-state index contributed by atoms with van der Waals surface area (Å²) in [7, 11) is 0. The summed E-state index contributed by atoms with van der Waals surface area (Å²) in [5.74, 6) is 2.56. The van der Waals surface area contributed by atoms with Gasteiger partial charge in [0.15, 0.2) is 0 Å². The molecule has 54 valence electrons. The molecule has 3 heteroatoms. The second-order valence-corrected chi connectivity index (χ2v) is 5.39. The molecular weight excluding hydrogens is 150 g/mol. The van der Waals surface area contributed by atoms with Crippen molar-refractivity contribution in [2.24, 2.45) is 0 Å². The minimum absolute atomic E-state index is 0.339. The van der Waals surface area contributed by atoms with Crippen LogP contribution in [0.5, 0.6) is 0 Å². The molecule has 0 aromatic carbocycles. The van der Waals surface area contributed by atoms with Crippen molar-refractivity contribution >= 4 is 23.9 Å². The van der Waals surface area contributed by atoms with Gasteiger partial charge in [0.25, 0.3) is 0 Å². The predicted molar refractivity (Wildman–Crippen MR) is 46.5 cm³/mol. The minimum atomic E-state index is 0.339. The molecule has 1 heterocycles. The zero-order valence-electron chi connectivity index (χ0n) is 6.18. The highest BCUT2D eigenvalue weighted by atomic mass is 32.2. The average molecular weight is 163 g/mol. The molecule has 1 rings (SSSR count). The van der Waals surface area contributed by atoms with E-state index in [-0.39, 0.29) is 0 Å². The maximum atomic E-state index is 2.38. The number of rotatable bonds is 0. The zero-order chi connectivity index (χ0) is 6.91. The van der Waals surface area contributed by atoms with E-state index in [4.69, 9.17) is 0 Å². The first-order valence-corrected chi connectivity index (χ1v) is 5.05. The molecule has 0 aromatic heterocycles. The lowest BCUT2D eigenvalue weighted by Crippen LogP contribution is -2.28. The van der Waals surface area contributed by atoms with Crippen molar-refractivity contribution < 1.29 is 0 Å². The Labute approximate surface area is 65.8 Å². The predicted octanol–water partition coefficient (Wildman–Crippen LogP) is 2.40. The highest BCUT2D eigenvalue weighted by Crippen LogP contribution is 2.37. The van der Waals surface area contributed by atoms with E-state index in [1.165, 1.54) is 11.5 Å². The number of hydrogen-bond donors (Lipinski definition) is 0. The summed E-state index contributed by atoms with van der Waals surface area (Å²) >= 11 is 3.89. The van der Waals surface area contributed by atoms with Crippen molar-refractivity contribution in [1.82, 2.24) is 3.71 Å². The largest absolute Gasteiger partial charge is 0.189 e. The van der Waals surface area contributed by atoms with E-state index < -0.39 is 0 Å². The Morgan fingerprint density at radius 1 is 1.11 bits per heavy atom. The number of hydrogen-bond acceptors (Lipinski definition) is 3. The molecule has 0 radical (unpaired) electrons. The van der Waals surface area contributed by atoms with Crippen molar-refractivity contribution in [3.8, 4) is 0 Å². The van der Waals surface area contributed by atoms with Gasteiger partial charge in [0.05, 0.1) is 0 Å². The Morgan fingerprint density at radius 3 is 1.78 bits per heavy atom. The summed E-state index contributed by atoms with van der Waals surface area (Å²) in [5, 5.41) is 0. The van der Waals surface area contributed by atoms with Gasteiger partial charge in [-0.1, -0.05) is 23.9 Å². The van der Waals surface area contributed by atoms with Gasteiger partial charge < -0.3 is 0 Å². The Bertz CT molecular complexity index is 91.7. The van der Waals surface area contributed by atoms with Crippen molar-refractivity contribution in [1.29, 1.82) is 0 Å². The number of nitrogens with zero attached hydrogens (tertiary/aromatic N) is 1. The molecule has 9 heavy (non-hydrogen) atoms. The summed E-state index contributed by atoms with van der Waals surface area (Å²) in [6, 6.07) is 0. The summed E-state index contributed by atoms with van der Waals surface area (Å²) in [6.07, 6.45) is 0. The molecule has 1 nitrogen and oxygen atoms in total. The molecule has 1 aliphatic rings. The summed E-state index contributed by atoms with van der Waals surface area (Å²) < 4.78 is 2.38. The molecular formula is C6H13NS2. The molecule has 0 atom stereocenters. The highest BCUT2D eigenvalue weighted by Gasteiger charge is 2.25. The van der Waals surface area contributed by atoms with Gasteiger partial charge in [0.1, 0.15) is 0 Å². The van der Waals surface area contributed by atoms with E-state index in [2.05, 4.69) is 24.5 Å². The van der Waals surface area contributed by atoms with Crippen molar-refractivity contribution in [2.45, 2.75) is 26.3 Å². The van der Waals surface area contributed by atoms with E-state index in [9.17, 15) is 0 Å². The van der Waals surface area contributed by atoms with Crippen LogP contribution >= 0.6 is 23.9 Å². The van der Waals surface area contributed by atoms with Crippen molar-refractivity contribution in [3.63, 3.8) is 0 Å². The average Bonchev–Trinajstić information content (AvgIpc) is 2.08. The van der Waals surface area contributed by atoms with Gasteiger partial charge in [-0.25, -0.2) is 0 Å². The fourth-order valence-electron chi connectivity index (χ4n) is 0.665. The van der Waals surface area contributed by atoms with Crippen LogP contribution in [-0.2, 0) is 0 Å². The Kier molecular flexibility index (Phi) is 2.35. The van der Waals surface area contributed by atoms with Gasteiger partial charge in [-0.2, -0.15) is 3.71 Å². The van der Waals surface area contributed by atoms with E-state index in [0.717, 1.165) is 0 Å². The molecule has 0 aromatic rings. The first kappa shape index (κ1) is 7.76. The van der Waals surface area contributed by atoms with Gasteiger partial charge in [-0.3, -0.25) is 0 Å². The second-order valence-electron chi connectivity index (χ2n) is 3.09. The zero-order valence-corrected chi connectivity index (χ0v) is 7.81. The monoisotopic (exact) mass is 163 g/mol. The van der Waals surface area contributed by atoms with Crippen molar-refractivity contribution in [2.75, 3.05) is 11.5 Å². The Hall–Kier alpha value is 0.660. The van der Waals surface area contributed by atoms with Gasteiger partial charge in [0, 0.05) is 17.0 Å². The van der Waals surface area contributed by atoms with Gasteiger partial charge in [0.2, 0.25) is 0 Å². The fraction of sp³-hybridized carbons (Fsp3) is 1.00. The molecule has 1 fully saturated rings. The van der Waals surface area contributed by atoms with Crippen LogP contribution in [0.3, 0.4) is 0 Å². The second kappa shape index (κ2) is 2.72. The van der Waals surface area contributed by atoms with E-state index >= 15 is 0 Å². The smallest absolute Gasteiger partial charge is 0.0341 e. The van der Waals surface area contributed by atoms with E-state index in [1.54, 1.807) is 0 Å². The third-order valence-electron chi connectivity index (χ3n) is 1.05. The minimum Gasteiger partial charge on any atom is -0.189 e. The lowest BCUT2D eigenvalue weighted by atomic mass is 10.1. The van der Waals surface area contributed by atoms with Crippen LogP contribution in [0, 0.1) is 0 Å². The maximum absolute atomic E-state index is 2.38. The van der Waals surface area contributed by atoms with Crippen LogP contribution in [-0.4, -0.2) is 20.8 Å². The standard InChI is InChI=1S/C6H13NS2/c1-6(2,3)7-8-4-5-9-7/h4-5H2,1-3H3. The molecule has 1 saturated heterocycles. The first-order valence-electron chi connectivity index (χ1n) is 3.17. The van der Waals surface area contributed by atoms with E-state index in [1.807, 2.05) is 23.9 Å². The Balaban J connectivity index is 2.42. The third kappa shape index (κ3) is 2.06. The molecule has 0 bridgehead atoms. The molecule has 0 amide bonds. The van der Waals surface area contributed by atoms with Crippen LogP contribution in [0.2, 0.25) is 0 Å². The fourth-order valence-corrected chi connectivity index (χ4v) is 3.11. The molecule has 0 saturated carbocycles. The van der Waals surface area contributed by atoms with Crippen LogP contribution in [0.4, 0.5) is 0 Å². The molecule has 0 aliphatic carbocycles. The summed E-state index contributed by atoms with van der Waals surface area (Å²) in [5.41, 5.74) is 0.339. The lowest BCUT2D eigenvalue weighted by molar-refractivity contribution is 0.415. The normalized spacial score (nSPS) is 23.0. The topological polar surface area (TPSA) is 3.24 Å². The van der Waals surface area contributed by atoms with Crippen LogP contribution < -0.4 is 0 Å². The van der Waals surface area contributed by atoms with E-state index in [0.29, 0.717) is 5.54 Å². The molecule has 0 N–H and O–H groups in total. The van der Waals surface area contributed by atoms with Crippen LogP contribution in [0.25, 0.3) is 0 Å².